The van der Waals surface area contributed by atoms with Gasteiger partial charge in [-0.25, -0.2) is 8.78 Å². The Bertz CT molecular complexity index is 523. The molecule has 0 spiro atoms. The summed E-state index contributed by atoms with van der Waals surface area (Å²) in [4.78, 5) is 14.2. The van der Waals surface area contributed by atoms with E-state index in [4.69, 9.17) is 4.74 Å². The van der Waals surface area contributed by atoms with Crippen LogP contribution in [0, 0.1) is 17.6 Å². The van der Waals surface area contributed by atoms with E-state index in [1.54, 1.807) is 0 Å². The maximum absolute atomic E-state index is 13.5. The van der Waals surface area contributed by atoms with Crippen LogP contribution in [0.1, 0.15) is 24.2 Å². The number of nitrogens with one attached hydrogen (secondary N) is 1. The summed E-state index contributed by atoms with van der Waals surface area (Å²) in [6.45, 7) is 7.78. The fourth-order valence-corrected chi connectivity index (χ4v) is 2.57. The zero-order chi connectivity index (χ0) is 16.1. The highest BCUT2D eigenvalue weighted by Gasteiger charge is 2.22. The van der Waals surface area contributed by atoms with Gasteiger partial charge in [-0.3, -0.25) is 9.69 Å². The topological polar surface area (TPSA) is 41.6 Å². The van der Waals surface area contributed by atoms with E-state index in [2.05, 4.69) is 24.1 Å². The second-order valence-electron chi connectivity index (χ2n) is 5.96. The van der Waals surface area contributed by atoms with Gasteiger partial charge in [0.1, 0.15) is 0 Å². The molecule has 1 aliphatic rings. The molecular formula is C16H22F2N2O2. The number of ether oxygens (including phenoxy) is 1. The molecule has 1 aliphatic heterocycles. The average Bonchev–Trinajstić information content (AvgIpc) is 2.47. The van der Waals surface area contributed by atoms with Crippen molar-refractivity contribution in [2.75, 3.05) is 32.8 Å². The number of amides is 1. The van der Waals surface area contributed by atoms with E-state index in [9.17, 15) is 13.6 Å². The van der Waals surface area contributed by atoms with Gasteiger partial charge in [0.2, 0.25) is 0 Å². The summed E-state index contributed by atoms with van der Waals surface area (Å²) in [7, 11) is 0. The van der Waals surface area contributed by atoms with Crippen LogP contribution in [-0.2, 0) is 4.74 Å². The number of rotatable bonds is 5. The van der Waals surface area contributed by atoms with Crippen molar-refractivity contribution in [3.05, 3.63) is 35.4 Å². The Labute approximate surface area is 129 Å². The lowest BCUT2D eigenvalue weighted by Gasteiger charge is -2.33. The summed E-state index contributed by atoms with van der Waals surface area (Å²) in [5.41, 5.74) is -0.283. The van der Waals surface area contributed by atoms with Crippen LogP contribution in [0.2, 0.25) is 0 Å². The molecule has 0 bridgehead atoms. The minimum atomic E-state index is -1.12. The Morgan fingerprint density at radius 3 is 2.95 bits per heavy atom. The second-order valence-corrected chi connectivity index (χ2v) is 5.96. The number of carbonyl (C=O) groups is 1. The number of benzene rings is 1. The molecule has 2 rings (SSSR count). The predicted molar refractivity (Wildman–Crippen MR) is 79.7 cm³/mol. The Morgan fingerprint density at radius 2 is 2.23 bits per heavy atom. The molecule has 1 N–H and O–H groups in total. The van der Waals surface area contributed by atoms with Crippen molar-refractivity contribution in [1.29, 1.82) is 0 Å². The van der Waals surface area contributed by atoms with Crippen molar-refractivity contribution >= 4 is 5.91 Å². The Kier molecular flexibility index (Phi) is 5.85. The van der Waals surface area contributed by atoms with Gasteiger partial charge in [-0.2, -0.15) is 0 Å². The highest BCUT2D eigenvalue weighted by atomic mass is 19.2. The molecule has 122 valence electrons. The highest BCUT2D eigenvalue weighted by Crippen LogP contribution is 2.12. The van der Waals surface area contributed by atoms with Crippen LogP contribution >= 0.6 is 0 Å². The first-order chi connectivity index (χ1) is 10.5. The number of hydrogen-bond donors (Lipinski definition) is 1. The van der Waals surface area contributed by atoms with E-state index in [1.807, 2.05) is 0 Å². The zero-order valence-corrected chi connectivity index (χ0v) is 12.9. The van der Waals surface area contributed by atoms with Gasteiger partial charge in [0, 0.05) is 26.2 Å². The standard InChI is InChI=1S/C16H22F2N2O2/c1-11(2)9-20-6-7-22-12(10-20)8-19-16(21)13-4-3-5-14(17)15(13)18/h3-5,11-12H,6-10H2,1-2H3,(H,19,21)/t12-/m0/s1. The van der Waals surface area contributed by atoms with E-state index in [0.717, 1.165) is 25.7 Å². The van der Waals surface area contributed by atoms with Gasteiger partial charge >= 0.3 is 0 Å². The van der Waals surface area contributed by atoms with Gasteiger partial charge in [-0.15, -0.1) is 0 Å². The molecule has 1 aromatic carbocycles. The molecule has 4 nitrogen and oxygen atoms in total. The molecule has 0 aromatic heterocycles. The van der Waals surface area contributed by atoms with Crippen LogP contribution in [0.25, 0.3) is 0 Å². The zero-order valence-electron chi connectivity index (χ0n) is 12.9. The maximum atomic E-state index is 13.5. The SMILES string of the molecule is CC(C)CN1CCO[C@@H](CNC(=O)c2cccc(F)c2F)C1. The third-order valence-corrected chi connectivity index (χ3v) is 3.53. The summed E-state index contributed by atoms with van der Waals surface area (Å²) >= 11 is 0. The lowest BCUT2D eigenvalue weighted by atomic mass is 10.1. The number of morpholine rings is 1. The number of carbonyl (C=O) groups excluding carboxylic acids is 1. The Hall–Kier alpha value is -1.53. The van der Waals surface area contributed by atoms with Gasteiger partial charge in [0.05, 0.1) is 18.3 Å². The van der Waals surface area contributed by atoms with Crippen LogP contribution in [0.5, 0.6) is 0 Å². The smallest absolute Gasteiger partial charge is 0.254 e. The van der Waals surface area contributed by atoms with E-state index < -0.39 is 17.5 Å². The fraction of sp³-hybridized carbons (Fsp3) is 0.562. The molecule has 22 heavy (non-hydrogen) atoms. The maximum Gasteiger partial charge on any atom is 0.254 e. The van der Waals surface area contributed by atoms with Crippen LogP contribution in [0.4, 0.5) is 8.78 Å². The molecule has 1 fully saturated rings. The lowest BCUT2D eigenvalue weighted by Crippen LogP contribution is -2.48. The Balaban J connectivity index is 1.87. The van der Waals surface area contributed by atoms with Crippen LogP contribution in [0.3, 0.4) is 0 Å². The van der Waals surface area contributed by atoms with Crippen LogP contribution in [0.15, 0.2) is 18.2 Å². The number of halogens is 2. The summed E-state index contributed by atoms with van der Waals surface area (Å²) in [6.07, 6.45) is -0.131. The molecule has 1 amide bonds. The quantitative estimate of drug-likeness (QED) is 0.905. The largest absolute Gasteiger partial charge is 0.374 e. The summed E-state index contributed by atoms with van der Waals surface area (Å²) in [5.74, 6) is -2.20. The van der Waals surface area contributed by atoms with Crippen molar-refractivity contribution in [2.45, 2.75) is 20.0 Å². The summed E-state index contributed by atoms with van der Waals surface area (Å²) in [5, 5.41) is 2.61. The first-order valence-corrected chi connectivity index (χ1v) is 7.53. The van der Waals surface area contributed by atoms with Crippen molar-refractivity contribution < 1.29 is 18.3 Å². The molecule has 1 aromatic rings. The van der Waals surface area contributed by atoms with E-state index in [0.29, 0.717) is 12.5 Å². The molecule has 0 unspecified atom stereocenters. The molecule has 1 heterocycles. The molecule has 1 saturated heterocycles. The van der Waals surface area contributed by atoms with Gasteiger partial charge in [-0.1, -0.05) is 19.9 Å². The van der Waals surface area contributed by atoms with Crippen molar-refractivity contribution in [3.63, 3.8) is 0 Å². The molecule has 1 atom stereocenters. The second kappa shape index (κ2) is 7.65. The molecule has 0 saturated carbocycles. The van der Waals surface area contributed by atoms with Gasteiger partial charge in [0.15, 0.2) is 11.6 Å². The highest BCUT2D eigenvalue weighted by molar-refractivity contribution is 5.94. The van der Waals surface area contributed by atoms with Crippen molar-refractivity contribution in [1.82, 2.24) is 10.2 Å². The fourth-order valence-electron chi connectivity index (χ4n) is 2.57. The summed E-state index contributed by atoms with van der Waals surface area (Å²) in [6, 6.07) is 3.56. The van der Waals surface area contributed by atoms with E-state index >= 15 is 0 Å². The number of nitrogens with zero attached hydrogens (tertiary/aromatic N) is 1. The third kappa shape index (κ3) is 4.48. The molecule has 0 aliphatic carbocycles. The lowest BCUT2D eigenvalue weighted by molar-refractivity contribution is -0.0295. The average molecular weight is 312 g/mol. The van der Waals surface area contributed by atoms with Gasteiger partial charge in [-0.05, 0) is 18.1 Å². The molecule has 6 heteroatoms. The monoisotopic (exact) mass is 312 g/mol. The first-order valence-electron chi connectivity index (χ1n) is 7.53. The third-order valence-electron chi connectivity index (χ3n) is 3.53. The number of hydrogen-bond acceptors (Lipinski definition) is 3. The van der Waals surface area contributed by atoms with Crippen molar-refractivity contribution in [2.24, 2.45) is 5.92 Å². The minimum absolute atomic E-state index is 0.131. The van der Waals surface area contributed by atoms with Crippen molar-refractivity contribution in [3.8, 4) is 0 Å². The van der Waals surface area contributed by atoms with Gasteiger partial charge in [0.25, 0.3) is 5.91 Å². The van der Waals surface area contributed by atoms with E-state index in [-0.39, 0.29) is 18.2 Å². The van der Waals surface area contributed by atoms with E-state index in [1.165, 1.54) is 12.1 Å². The molecular weight excluding hydrogens is 290 g/mol. The minimum Gasteiger partial charge on any atom is -0.374 e. The first kappa shape index (κ1) is 16.8. The predicted octanol–water partition coefficient (Wildman–Crippen LogP) is 2.05. The normalized spacial score (nSPS) is 19.4. The summed E-state index contributed by atoms with van der Waals surface area (Å²) < 4.78 is 32.3. The van der Waals surface area contributed by atoms with Crippen LogP contribution in [-0.4, -0.2) is 49.7 Å². The molecule has 0 radical (unpaired) electrons. The van der Waals surface area contributed by atoms with Crippen LogP contribution < -0.4 is 5.32 Å². The van der Waals surface area contributed by atoms with Gasteiger partial charge < -0.3 is 10.1 Å². The Morgan fingerprint density at radius 1 is 1.45 bits per heavy atom.